The van der Waals surface area contributed by atoms with Gasteiger partial charge in [-0.1, -0.05) is 0 Å². The number of thiazole rings is 1. The third kappa shape index (κ3) is 2.98. The summed E-state index contributed by atoms with van der Waals surface area (Å²) < 4.78 is 0. The van der Waals surface area contributed by atoms with E-state index in [1.54, 1.807) is 36.1 Å². The molecular formula is C15H15N7S. The Balaban J connectivity index is 1.47. The lowest BCUT2D eigenvalue weighted by molar-refractivity contribution is 0.645. The van der Waals surface area contributed by atoms with Crippen LogP contribution in [0.4, 0.5) is 11.5 Å². The summed E-state index contributed by atoms with van der Waals surface area (Å²) in [7, 11) is 0. The van der Waals surface area contributed by atoms with Crippen LogP contribution in [0.15, 0.2) is 42.3 Å². The van der Waals surface area contributed by atoms with E-state index in [0.29, 0.717) is 5.82 Å². The van der Waals surface area contributed by atoms with Crippen molar-refractivity contribution in [3.05, 3.63) is 42.3 Å². The van der Waals surface area contributed by atoms with Crippen LogP contribution in [0.5, 0.6) is 0 Å². The molecule has 7 nitrogen and oxygen atoms in total. The molecule has 116 valence electrons. The second kappa shape index (κ2) is 6.25. The summed E-state index contributed by atoms with van der Waals surface area (Å²) in [5, 5.41) is 10.6. The van der Waals surface area contributed by atoms with Crippen molar-refractivity contribution in [2.24, 2.45) is 0 Å². The van der Waals surface area contributed by atoms with Crippen molar-refractivity contribution >= 4 is 22.8 Å². The lowest BCUT2D eigenvalue weighted by Crippen LogP contribution is -2.46. The van der Waals surface area contributed by atoms with E-state index < -0.39 is 0 Å². The highest BCUT2D eigenvalue weighted by atomic mass is 32.1. The number of piperazine rings is 1. The lowest BCUT2D eigenvalue weighted by atomic mass is 10.3. The van der Waals surface area contributed by atoms with Crippen molar-refractivity contribution in [2.45, 2.75) is 0 Å². The summed E-state index contributed by atoms with van der Waals surface area (Å²) in [6.07, 6.45) is 7.11. The molecule has 4 rings (SSSR count). The van der Waals surface area contributed by atoms with Crippen LogP contribution in [-0.4, -0.2) is 51.3 Å². The molecular weight excluding hydrogens is 310 g/mol. The van der Waals surface area contributed by atoms with Crippen molar-refractivity contribution < 1.29 is 0 Å². The molecule has 0 unspecified atom stereocenters. The Morgan fingerprint density at radius 2 is 1.74 bits per heavy atom. The van der Waals surface area contributed by atoms with Crippen LogP contribution in [-0.2, 0) is 0 Å². The minimum Gasteiger partial charge on any atom is -0.367 e. The summed E-state index contributed by atoms with van der Waals surface area (Å²) in [5.41, 5.74) is 1.12. The Hall–Kier alpha value is -2.61. The van der Waals surface area contributed by atoms with Gasteiger partial charge in [-0.25, -0.2) is 15.0 Å². The zero-order valence-corrected chi connectivity index (χ0v) is 13.2. The number of aromatic nitrogens is 5. The molecule has 4 heterocycles. The minimum atomic E-state index is 0.693. The summed E-state index contributed by atoms with van der Waals surface area (Å²) in [6.45, 7) is 3.69. The maximum atomic E-state index is 4.66. The first-order chi connectivity index (χ1) is 11.4. The van der Waals surface area contributed by atoms with Crippen molar-refractivity contribution in [2.75, 3.05) is 36.0 Å². The molecule has 0 atom stereocenters. The molecule has 0 amide bonds. The Labute approximate surface area is 137 Å². The minimum absolute atomic E-state index is 0.693. The van der Waals surface area contributed by atoms with Crippen LogP contribution in [0.25, 0.3) is 10.8 Å². The van der Waals surface area contributed by atoms with Gasteiger partial charge in [0.2, 0.25) is 0 Å². The van der Waals surface area contributed by atoms with E-state index in [4.69, 9.17) is 0 Å². The molecule has 8 heteroatoms. The molecule has 0 radical (unpaired) electrons. The second-order valence-electron chi connectivity index (χ2n) is 5.15. The zero-order chi connectivity index (χ0) is 15.5. The highest BCUT2D eigenvalue weighted by Gasteiger charge is 2.19. The number of nitrogens with zero attached hydrogens (tertiary/aromatic N) is 7. The molecule has 0 aromatic carbocycles. The number of hydrogen-bond acceptors (Lipinski definition) is 8. The van der Waals surface area contributed by atoms with Crippen LogP contribution >= 0.6 is 11.3 Å². The highest BCUT2D eigenvalue weighted by Crippen LogP contribution is 2.22. The summed E-state index contributed by atoms with van der Waals surface area (Å²) in [5.74, 6) is 1.65. The van der Waals surface area contributed by atoms with E-state index >= 15 is 0 Å². The third-order valence-electron chi connectivity index (χ3n) is 3.80. The predicted molar refractivity (Wildman–Crippen MR) is 89.6 cm³/mol. The van der Waals surface area contributed by atoms with Gasteiger partial charge in [0.05, 0.1) is 18.1 Å². The molecule has 0 N–H and O–H groups in total. The first-order valence-corrected chi connectivity index (χ1v) is 8.27. The summed E-state index contributed by atoms with van der Waals surface area (Å²) in [6, 6.07) is 3.95. The van der Waals surface area contributed by atoms with Gasteiger partial charge in [0.25, 0.3) is 0 Å². The fraction of sp³-hybridized carbons (Fsp3) is 0.267. The van der Waals surface area contributed by atoms with E-state index in [2.05, 4.69) is 34.9 Å². The van der Waals surface area contributed by atoms with E-state index in [1.807, 2.05) is 17.5 Å². The molecule has 1 aliphatic heterocycles. The molecule has 0 aliphatic carbocycles. The van der Waals surface area contributed by atoms with Crippen LogP contribution in [0.2, 0.25) is 0 Å². The molecule has 0 spiro atoms. The van der Waals surface area contributed by atoms with Gasteiger partial charge in [-0.2, -0.15) is 10.2 Å². The second-order valence-corrected chi connectivity index (χ2v) is 6.05. The average molecular weight is 325 g/mol. The Bertz CT molecular complexity index is 755. The Morgan fingerprint density at radius 1 is 0.870 bits per heavy atom. The number of hydrogen-bond donors (Lipinski definition) is 0. The Kier molecular flexibility index (Phi) is 3.81. The van der Waals surface area contributed by atoms with Gasteiger partial charge in [-0.05, 0) is 12.1 Å². The smallest absolute Gasteiger partial charge is 0.190 e. The van der Waals surface area contributed by atoms with E-state index in [-0.39, 0.29) is 0 Å². The molecule has 0 bridgehead atoms. The van der Waals surface area contributed by atoms with Crippen LogP contribution in [0.3, 0.4) is 0 Å². The standard InChI is InChI=1S/C15H15N7S/c1-4-18-19-11-12(1)21-6-8-22(9-7-21)13-2-3-16-14(20-13)15-17-5-10-23-15/h1-5,10-11H,6-9H2. The third-order valence-corrected chi connectivity index (χ3v) is 4.57. The van der Waals surface area contributed by atoms with Crippen LogP contribution in [0, 0.1) is 0 Å². The monoisotopic (exact) mass is 325 g/mol. The van der Waals surface area contributed by atoms with E-state index in [1.165, 1.54) is 0 Å². The molecule has 3 aromatic heterocycles. The molecule has 23 heavy (non-hydrogen) atoms. The molecule has 1 aliphatic rings. The zero-order valence-electron chi connectivity index (χ0n) is 12.4. The van der Waals surface area contributed by atoms with Crippen LogP contribution < -0.4 is 9.80 Å². The first kappa shape index (κ1) is 14.0. The SMILES string of the molecule is c1cc(N2CCN(c3ccnc(-c4nccs4)n3)CC2)cnn1. The topological polar surface area (TPSA) is 70.9 Å². The maximum absolute atomic E-state index is 4.66. The van der Waals surface area contributed by atoms with Gasteiger partial charge < -0.3 is 9.80 Å². The average Bonchev–Trinajstić information content (AvgIpc) is 3.18. The largest absolute Gasteiger partial charge is 0.367 e. The van der Waals surface area contributed by atoms with Gasteiger partial charge in [0.1, 0.15) is 5.82 Å². The van der Waals surface area contributed by atoms with E-state index in [0.717, 1.165) is 42.7 Å². The van der Waals surface area contributed by atoms with Crippen molar-refractivity contribution in [3.8, 4) is 10.8 Å². The molecule has 3 aromatic rings. The highest BCUT2D eigenvalue weighted by molar-refractivity contribution is 7.12. The Morgan fingerprint density at radius 3 is 2.48 bits per heavy atom. The van der Waals surface area contributed by atoms with Gasteiger partial charge in [-0.15, -0.1) is 11.3 Å². The van der Waals surface area contributed by atoms with Crippen molar-refractivity contribution in [1.82, 2.24) is 25.1 Å². The van der Waals surface area contributed by atoms with Crippen LogP contribution in [0.1, 0.15) is 0 Å². The molecule has 0 saturated carbocycles. The first-order valence-electron chi connectivity index (χ1n) is 7.40. The number of rotatable bonds is 3. The van der Waals surface area contributed by atoms with Gasteiger partial charge in [0.15, 0.2) is 10.8 Å². The quantitative estimate of drug-likeness (QED) is 0.726. The van der Waals surface area contributed by atoms with Gasteiger partial charge in [-0.3, -0.25) is 0 Å². The molecule has 1 saturated heterocycles. The fourth-order valence-electron chi connectivity index (χ4n) is 2.63. The summed E-state index contributed by atoms with van der Waals surface area (Å²) >= 11 is 1.55. The molecule has 1 fully saturated rings. The van der Waals surface area contributed by atoms with Gasteiger partial charge >= 0.3 is 0 Å². The number of anilines is 2. The van der Waals surface area contributed by atoms with Gasteiger partial charge in [0, 0.05) is 44.0 Å². The van der Waals surface area contributed by atoms with E-state index in [9.17, 15) is 0 Å². The van der Waals surface area contributed by atoms with Crippen molar-refractivity contribution in [1.29, 1.82) is 0 Å². The van der Waals surface area contributed by atoms with Crippen molar-refractivity contribution in [3.63, 3.8) is 0 Å². The fourth-order valence-corrected chi connectivity index (χ4v) is 3.20. The maximum Gasteiger partial charge on any atom is 0.190 e. The summed E-state index contributed by atoms with van der Waals surface area (Å²) in [4.78, 5) is 17.9. The lowest BCUT2D eigenvalue weighted by Gasteiger charge is -2.36. The predicted octanol–water partition coefficient (Wildman–Crippen LogP) is 1.72. The normalized spacial score (nSPS) is 15.0.